The summed E-state index contributed by atoms with van der Waals surface area (Å²) in [5, 5.41) is 3.38. The number of likely N-dealkylation sites (N-methyl/N-ethyl adjacent to an activating group) is 1. The number of carbonyl (C=O) groups excluding carboxylic acids is 2. The van der Waals surface area contributed by atoms with E-state index in [0.717, 1.165) is 33.5 Å². The number of hydrogen-bond acceptors (Lipinski definition) is 4. The highest BCUT2D eigenvalue weighted by Crippen LogP contribution is 2.28. The van der Waals surface area contributed by atoms with Crippen LogP contribution in [0.3, 0.4) is 0 Å². The number of aryl methyl sites for hydroxylation is 1. The van der Waals surface area contributed by atoms with Crippen LogP contribution in [0.5, 0.6) is 5.75 Å². The third-order valence-corrected chi connectivity index (χ3v) is 5.62. The molecular weight excluding hydrogens is 366 g/mol. The molecule has 6 heteroatoms. The molecule has 2 aromatic carbocycles. The Balaban J connectivity index is 1.58. The highest BCUT2D eigenvalue weighted by Gasteiger charge is 2.47. The first-order chi connectivity index (χ1) is 13.9. The Morgan fingerprint density at radius 2 is 1.86 bits per heavy atom. The Hall–Kier alpha value is -3.41. The van der Waals surface area contributed by atoms with Crippen molar-refractivity contribution in [3.63, 3.8) is 0 Å². The van der Waals surface area contributed by atoms with E-state index in [0.29, 0.717) is 13.0 Å². The monoisotopic (exact) mass is 389 g/mol. The van der Waals surface area contributed by atoms with Crippen LogP contribution >= 0.6 is 0 Å². The Morgan fingerprint density at radius 1 is 1.10 bits per heavy atom. The highest BCUT2D eigenvalue weighted by atomic mass is 16.5. The highest BCUT2D eigenvalue weighted by molar-refractivity contribution is 6.06. The van der Waals surface area contributed by atoms with Crippen molar-refractivity contribution in [3.05, 3.63) is 71.4 Å². The number of para-hydroxylation sites is 1. The number of fused-ring (bicyclic) bond motifs is 1. The lowest BCUT2D eigenvalue weighted by atomic mass is 9.89. The van der Waals surface area contributed by atoms with Gasteiger partial charge in [0.1, 0.15) is 17.9 Å². The van der Waals surface area contributed by atoms with Crippen LogP contribution in [-0.4, -0.2) is 34.4 Å². The zero-order valence-electron chi connectivity index (χ0n) is 16.7. The van der Waals surface area contributed by atoms with Gasteiger partial charge in [-0.05, 0) is 55.3 Å². The molecule has 1 N–H and O–H groups in total. The molecule has 0 bridgehead atoms. The first-order valence-electron chi connectivity index (χ1n) is 9.53. The maximum absolute atomic E-state index is 12.3. The summed E-state index contributed by atoms with van der Waals surface area (Å²) < 4.78 is 5.79. The van der Waals surface area contributed by atoms with E-state index in [1.807, 2.05) is 55.5 Å². The van der Waals surface area contributed by atoms with E-state index in [9.17, 15) is 9.59 Å². The van der Waals surface area contributed by atoms with Crippen molar-refractivity contribution in [2.75, 3.05) is 7.05 Å². The van der Waals surface area contributed by atoms with Gasteiger partial charge in [0.05, 0.1) is 11.2 Å². The molecule has 0 spiro atoms. The number of urea groups is 1. The molecule has 0 saturated carbocycles. The molecule has 6 nitrogen and oxygen atoms in total. The minimum atomic E-state index is -0.896. The van der Waals surface area contributed by atoms with Crippen LogP contribution < -0.4 is 10.1 Å². The van der Waals surface area contributed by atoms with Crippen molar-refractivity contribution in [2.24, 2.45) is 0 Å². The molecule has 1 aromatic heterocycles. The molecule has 148 valence electrons. The van der Waals surface area contributed by atoms with Gasteiger partial charge in [-0.25, -0.2) is 9.78 Å². The number of ether oxygens (including phenoxy) is 1. The molecule has 0 radical (unpaired) electrons. The second-order valence-corrected chi connectivity index (χ2v) is 7.64. The third-order valence-electron chi connectivity index (χ3n) is 5.62. The fourth-order valence-corrected chi connectivity index (χ4v) is 3.57. The molecule has 2 heterocycles. The lowest BCUT2D eigenvalue weighted by molar-refractivity contribution is -0.125. The minimum Gasteiger partial charge on any atom is -0.487 e. The van der Waals surface area contributed by atoms with Gasteiger partial charge in [-0.2, -0.15) is 0 Å². The van der Waals surface area contributed by atoms with Gasteiger partial charge in [0.15, 0.2) is 0 Å². The van der Waals surface area contributed by atoms with Gasteiger partial charge in [-0.3, -0.25) is 10.1 Å². The van der Waals surface area contributed by atoms with E-state index in [-0.39, 0.29) is 11.9 Å². The van der Waals surface area contributed by atoms with Crippen molar-refractivity contribution in [3.8, 4) is 5.75 Å². The van der Waals surface area contributed by atoms with Crippen LogP contribution in [0.15, 0.2) is 54.6 Å². The quantitative estimate of drug-likeness (QED) is 0.677. The molecule has 1 atom stereocenters. The number of aromatic nitrogens is 1. The summed E-state index contributed by atoms with van der Waals surface area (Å²) in [4.78, 5) is 30.4. The van der Waals surface area contributed by atoms with Crippen molar-refractivity contribution < 1.29 is 14.3 Å². The normalized spacial score (nSPS) is 18.9. The van der Waals surface area contributed by atoms with Crippen LogP contribution in [0, 0.1) is 6.92 Å². The van der Waals surface area contributed by atoms with Gasteiger partial charge in [0.25, 0.3) is 5.91 Å². The first kappa shape index (κ1) is 18.9. The van der Waals surface area contributed by atoms with Crippen molar-refractivity contribution >= 4 is 22.8 Å². The van der Waals surface area contributed by atoms with Crippen LogP contribution in [0.1, 0.15) is 23.7 Å². The van der Waals surface area contributed by atoms with Crippen molar-refractivity contribution in [1.29, 1.82) is 0 Å². The largest absolute Gasteiger partial charge is 0.487 e. The molecule has 3 amide bonds. The van der Waals surface area contributed by atoms with Gasteiger partial charge in [0.2, 0.25) is 0 Å². The second kappa shape index (κ2) is 7.20. The Kier molecular flexibility index (Phi) is 4.70. The van der Waals surface area contributed by atoms with Gasteiger partial charge >= 0.3 is 6.03 Å². The number of nitrogens with one attached hydrogen (secondary N) is 1. The molecule has 1 aliphatic rings. The fraction of sp³-hybridized carbons (Fsp3) is 0.261. The molecular formula is C23H23N3O3. The van der Waals surface area contributed by atoms with Gasteiger partial charge in [-0.1, -0.05) is 24.3 Å². The maximum Gasteiger partial charge on any atom is 0.324 e. The van der Waals surface area contributed by atoms with Crippen molar-refractivity contribution in [2.45, 2.75) is 32.4 Å². The SMILES string of the molecule is Cc1cc2nc(COc3ccccc3)ccc2cc1CC1(C)C(=O)NC(=O)N1C. The molecule has 0 aliphatic carbocycles. The van der Waals surface area contributed by atoms with Gasteiger partial charge in [0, 0.05) is 18.9 Å². The van der Waals surface area contributed by atoms with Gasteiger partial charge in [-0.15, -0.1) is 0 Å². The molecule has 1 aliphatic heterocycles. The van der Waals surface area contributed by atoms with E-state index in [2.05, 4.69) is 11.4 Å². The van der Waals surface area contributed by atoms with E-state index in [1.54, 1.807) is 14.0 Å². The average molecular weight is 389 g/mol. The maximum atomic E-state index is 12.3. The zero-order chi connectivity index (χ0) is 20.6. The van der Waals surface area contributed by atoms with Crippen LogP contribution in [0.4, 0.5) is 4.79 Å². The van der Waals surface area contributed by atoms with Crippen molar-refractivity contribution in [1.82, 2.24) is 15.2 Å². The van der Waals surface area contributed by atoms with Crippen LogP contribution in [0.25, 0.3) is 10.9 Å². The van der Waals surface area contributed by atoms with E-state index in [4.69, 9.17) is 9.72 Å². The molecule has 1 unspecified atom stereocenters. The first-order valence-corrected chi connectivity index (χ1v) is 9.53. The van der Waals surface area contributed by atoms with Gasteiger partial charge < -0.3 is 9.64 Å². The smallest absolute Gasteiger partial charge is 0.324 e. The Bertz CT molecular complexity index is 1100. The third kappa shape index (κ3) is 3.53. The summed E-state index contributed by atoms with van der Waals surface area (Å²) in [6.45, 7) is 4.19. The Morgan fingerprint density at radius 3 is 2.55 bits per heavy atom. The number of rotatable bonds is 5. The molecule has 1 saturated heterocycles. The summed E-state index contributed by atoms with van der Waals surface area (Å²) in [6, 6.07) is 17.3. The second-order valence-electron chi connectivity index (χ2n) is 7.64. The lowest BCUT2D eigenvalue weighted by Crippen LogP contribution is -2.46. The molecule has 4 rings (SSSR count). The number of benzene rings is 2. The van der Waals surface area contributed by atoms with E-state index in [1.165, 1.54) is 4.90 Å². The summed E-state index contributed by atoms with van der Waals surface area (Å²) in [5.74, 6) is 0.540. The summed E-state index contributed by atoms with van der Waals surface area (Å²) in [6.07, 6.45) is 0.446. The lowest BCUT2D eigenvalue weighted by Gasteiger charge is -2.29. The standard InChI is InChI=1S/C23H23N3O3/c1-15-11-20-16(9-10-18(24-20)14-29-19-7-5-4-6-8-19)12-17(15)13-23(2)21(27)25-22(28)26(23)3/h4-12H,13-14H2,1-3H3,(H,25,27,28). The number of nitrogens with zero attached hydrogens (tertiary/aromatic N) is 2. The topological polar surface area (TPSA) is 71.5 Å². The molecule has 1 fully saturated rings. The zero-order valence-corrected chi connectivity index (χ0v) is 16.7. The average Bonchev–Trinajstić information content (AvgIpc) is 2.90. The van der Waals surface area contributed by atoms with Crippen LogP contribution in [-0.2, 0) is 17.8 Å². The van der Waals surface area contributed by atoms with Crippen LogP contribution in [0.2, 0.25) is 0 Å². The summed E-state index contributed by atoms with van der Waals surface area (Å²) in [7, 11) is 1.65. The number of amides is 3. The predicted molar refractivity (Wildman–Crippen MR) is 111 cm³/mol. The number of hydrogen-bond donors (Lipinski definition) is 1. The Labute approximate surface area is 169 Å². The summed E-state index contributed by atoms with van der Waals surface area (Å²) >= 11 is 0. The number of pyridine rings is 1. The van der Waals surface area contributed by atoms with E-state index >= 15 is 0 Å². The minimum absolute atomic E-state index is 0.268. The molecule has 29 heavy (non-hydrogen) atoms. The number of carbonyl (C=O) groups is 2. The fourth-order valence-electron chi connectivity index (χ4n) is 3.57. The summed E-state index contributed by atoms with van der Waals surface area (Å²) in [5.41, 5.74) is 2.89. The van der Waals surface area contributed by atoms with E-state index < -0.39 is 5.54 Å². The predicted octanol–water partition coefficient (Wildman–Crippen LogP) is 3.61. The molecule has 3 aromatic rings. The number of imide groups is 1.